The van der Waals surface area contributed by atoms with E-state index in [2.05, 4.69) is 244 Å². The molecule has 0 aliphatic carbocycles. The van der Waals surface area contributed by atoms with Crippen molar-refractivity contribution in [1.82, 2.24) is 0 Å². The first-order valence-corrected chi connectivity index (χ1v) is 22.6. The van der Waals surface area contributed by atoms with Gasteiger partial charge in [-0.25, -0.2) is 0 Å². The number of hydrogen-bond acceptors (Lipinski definition) is 4. The second-order valence-electron chi connectivity index (χ2n) is 17.3. The fraction of sp³-hybridized carbons (Fsp3) is 0.0645. The number of anilines is 6. The van der Waals surface area contributed by atoms with E-state index in [1.54, 1.807) is 0 Å². The third-order valence-electron chi connectivity index (χ3n) is 12.6. The van der Waals surface area contributed by atoms with Crippen LogP contribution >= 0.6 is 0 Å². The number of hydrogen-bond donors (Lipinski definition) is 0. The number of nitrogens with zero attached hydrogens (tertiary/aromatic N) is 2. The summed E-state index contributed by atoms with van der Waals surface area (Å²) in [5.74, 6) is 1.64. The summed E-state index contributed by atoms with van der Waals surface area (Å²) in [6, 6.07) is 77.7. The van der Waals surface area contributed by atoms with Gasteiger partial charge in [0.25, 0.3) is 0 Å². The van der Waals surface area contributed by atoms with Gasteiger partial charge in [0.1, 0.15) is 22.7 Å². The summed E-state index contributed by atoms with van der Waals surface area (Å²) in [6.45, 7) is 8.50. The number of benzene rings is 9. The van der Waals surface area contributed by atoms with E-state index in [9.17, 15) is 0 Å². The predicted octanol–water partition coefficient (Wildman–Crippen LogP) is 18.0. The smallest absolute Gasteiger partial charge is 0.143 e. The lowest BCUT2D eigenvalue weighted by atomic mass is 9.95. The molecule has 11 rings (SSSR count). The van der Waals surface area contributed by atoms with Gasteiger partial charge in [-0.1, -0.05) is 156 Å². The summed E-state index contributed by atoms with van der Waals surface area (Å²) in [6.07, 6.45) is 0. The monoisotopic (exact) mass is 852 g/mol. The van der Waals surface area contributed by atoms with Crippen molar-refractivity contribution in [2.45, 2.75) is 27.7 Å². The topological polar surface area (TPSA) is 32.8 Å². The van der Waals surface area contributed by atoms with Gasteiger partial charge in [-0.3, -0.25) is 0 Å². The Kier molecular flexibility index (Phi) is 10.4. The van der Waals surface area contributed by atoms with Gasteiger partial charge in [0.2, 0.25) is 0 Å². The molecule has 0 saturated heterocycles. The molecule has 0 amide bonds. The number of furan rings is 2. The van der Waals surface area contributed by atoms with E-state index in [-0.39, 0.29) is 0 Å². The molecule has 9 aromatic carbocycles. The first kappa shape index (κ1) is 40.4. The first-order valence-electron chi connectivity index (χ1n) is 22.6. The molecular weight excluding hydrogens is 805 g/mol. The van der Waals surface area contributed by atoms with E-state index in [1.165, 1.54) is 22.3 Å². The summed E-state index contributed by atoms with van der Waals surface area (Å²) >= 11 is 0. The molecule has 0 unspecified atom stereocenters. The number of aryl methyl sites for hydroxylation is 4. The van der Waals surface area contributed by atoms with Crippen LogP contribution in [0.3, 0.4) is 0 Å². The van der Waals surface area contributed by atoms with Crippen LogP contribution in [-0.4, -0.2) is 0 Å². The molecular formula is C62H48N2O2. The average Bonchev–Trinajstić information content (AvgIpc) is 3.92. The Balaban J connectivity index is 1.05. The fourth-order valence-electron chi connectivity index (χ4n) is 9.07. The van der Waals surface area contributed by atoms with Gasteiger partial charge in [-0.05, 0) is 124 Å². The van der Waals surface area contributed by atoms with E-state index in [0.717, 1.165) is 101 Å². The van der Waals surface area contributed by atoms with Crippen LogP contribution in [-0.2, 0) is 0 Å². The Bertz CT molecular complexity index is 3110. The minimum atomic E-state index is 0.796. The minimum absolute atomic E-state index is 0.796. The van der Waals surface area contributed by atoms with Gasteiger partial charge in [-0.15, -0.1) is 0 Å². The lowest BCUT2D eigenvalue weighted by Crippen LogP contribution is -2.09. The highest BCUT2D eigenvalue weighted by Gasteiger charge is 2.25. The molecule has 4 heteroatoms. The third kappa shape index (κ3) is 7.63. The number of rotatable bonds is 10. The van der Waals surface area contributed by atoms with Crippen molar-refractivity contribution in [2.24, 2.45) is 0 Å². The molecule has 0 bridgehead atoms. The predicted molar refractivity (Wildman–Crippen MR) is 276 cm³/mol. The zero-order valence-corrected chi connectivity index (χ0v) is 37.5. The second kappa shape index (κ2) is 17.0. The fourth-order valence-corrected chi connectivity index (χ4v) is 9.07. The molecule has 11 aromatic rings. The lowest BCUT2D eigenvalue weighted by molar-refractivity contribution is 0.628. The Labute approximate surface area is 386 Å². The van der Waals surface area contributed by atoms with Crippen molar-refractivity contribution in [3.63, 3.8) is 0 Å². The minimum Gasteiger partial charge on any atom is -0.455 e. The standard InChI is InChI=1S/C62H48N2O2/c1-41-15-27-49(28-16-41)63(50-29-17-42(2)18-30-50)53-35-23-45(24-36-53)59-55-39-58-56(40-57(55)65-61(59)47-11-7-5-8-12-47)60(62(66-58)48-13-9-6-10-14-48)46-25-37-54(38-26-46)64(51-31-19-43(3)20-32-51)52-33-21-44(4)22-34-52/h5-40H,1-4H3. The molecule has 0 aliphatic rings. The van der Waals surface area contributed by atoms with Crippen LogP contribution in [0.5, 0.6) is 0 Å². The zero-order valence-electron chi connectivity index (χ0n) is 37.5. The molecule has 318 valence electrons. The molecule has 0 spiro atoms. The Morgan fingerprint density at radius 1 is 0.273 bits per heavy atom. The van der Waals surface area contributed by atoms with Crippen LogP contribution < -0.4 is 9.80 Å². The van der Waals surface area contributed by atoms with E-state index in [0.29, 0.717) is 0 Å². The van der Waals surface area contributed by atoms with E-state index in [4.69, 9.17) is 8.83 Å². The van der Waals surface area contributed by atoms with Gasteiger partial charge in [-0.2, -0.15) is 0 Å². The van der Waals surface area contributed by atoms with Crippen LogP contribution in [0.4, 0.5) is 34.1 Å². The zero-order chi connectivity index (χ0) is 44.7. The van der Waals surface area contributed by atoms with Crippen LogP contribution in [0.1, 0.15) is 22.3 Å². The molecule has 2 heterocycles. The molecule has 2 aromatic heterocycles. The molecule has 0 atom stereocenters. The molecule has 0 radical (unpaired) electrons. The van der Waals surface area contributed by atoms with Gasteiger partial charge < -0.3 is 18.6 Å². The van der Waals surface area contributed by atoms with Crippen LogP contribution in [0.15, 0.2) is 227 Å². The van der Waals surface area contributed by atoms with Gasteiger partial charge in [0.15, 0.2) is 0 Å². The van der Waals surface area contributed by atoms with Crippen molar-refractivity contribution in [3.8, 4) is 44.9 Å². The summed E-state index contributed by atoms with van der Waals surface area (Å²) in [4.78, 5) is 4.62. The largest absolute Gasteiger partial charge is 0.455 e. The van der Waals surface area contributed by atoms with Crippen LogP contribution in [0.25, 0.3) is 66.8 Å². The SMILES string of the molecule is Cc1ccc(N(c2ccc(C)cc2)c2ccc(-c3c(-c4ccccc4)oc4cc5c(-c6ccc(N(c7ccc(C)cc7)c7ccc(C)cc7)cc6)c(-c6ccccc6)oc5cc34)cc2)cc1. The van der Waals surface area contributed by atoms with E-state index >= 15 is 0 Å². The Hall–Kier alpha value is -8.34. The van der Waals surface area contributed by atoms with Crippen LogP contribution in [0.2, 0.25) is 0 Å². The van der Waals surface area contributed by atoms with Crippen molar-refractivity contribution in [1.29, 1.82) is 0 Å². The molecule has 0 saturated carbocycles. The molecule has 0 fully saturated rings. The van der Waals surface area contributed by atoms with Crippen LogP contribution in [0, 0.1) is 27.7 Å². The highest BCUT2D eigenvalue weighted by molar-refractivity contribution is 6.11. The number of fused-ring (bicyclic) bond motifs is 2. The maximum Gasteiger partial charge on any atom is 0.143 e. The van der Waals surface area contributed by atoms with E-state index < -0.39 is 0 Å². The lowest BCUT2D eigenvalue weighted by Gasteiger charge is -2.26. The Morgan fingerprint density at radius 3 is 0.803 bits per heavy atom. The Morgan fingerprint density at radius 2 is 0.530 bits per heavy atom. The van der Waals surface area contributed by atoms with Crippen molar-refractivity contribution >= 4 is 56.1 Å². The first-order chi connectivity index (χ1) is 32.3. The summed E-state index contributed by atoms with van der Waals surface area (Å²) in [5, 5.41) is 1.98. The summed E-state index contributed by atoms with van der Waals surface area (Å²) < 4.78 is 14.0. The molecule has 0 N–H and O–H groups in total. The third-order valence-corrected chi connectivity index (χ3v) is 12.6. The second-order valence-corrected chi connectivity index (χ2v) is 17.3. The maximum absolute atomic E-state index is 7.00. The quantitative estimate of drug-likeness (QED) is 0.137. The molecule has 0 aliphatic heterocycles. The highest BCUT2D eigenvalue weighted by Crippen LogP contribution is 2.48. The van der Waals surface area contributed by atoms with Crippen molar-refractivity contribution < 1.29 is 8.83 Å². The van der Waals surface area contributed by atoms with Gasteiger partial charge in [0, 0.05) is 67.2 Å². The van der Waals surface area contributed by atoms with Crippen molar-refractivity contribution in [3.05, 3.63) is 241 Å². The normalized spacial score (nSPS) is 11.3. The maximum atomic E-state index is 7.00. The van der Waals surface area contributed by atoms with E-state index in [1.807, 2.05) is 12.1 Å². The van der Waals surface area contributed by atoms with Gasteiger partial charge >= 0.3 is 0 Å². The molecule has 66 heavy (non-hydrogen) atoms. The summed E-state index contributed by atoms with van der Waals surface area (Å²) in [5.41, 5.74) is 19.2. The average molecular weight is 853 g/mol. The summed E-state index contributed by atoms with van der Waals surface area (Å²) in [7, 11) is 0. The molecule has 4 nitrogen and oxygen atoms in total. The highest BCUT2D eigenvalue weighted by atomic mass is 16.3. The van der Waals surface area contributed by atoms with Crippen molar-refractivity contribution in [2.75, 3.05) is 9.80 Å². The van der Waals surface area contributed by atoms with Gasteiger partial charge in [0.05, 0.1) is 0 Å².